The second kappa shape index (κ2) is 7.31. The average Bonchev–Trinajstić information content (AvgIpc) is 2.78. The predicted molar refractivity (Wildman–Crippen MR) is 106 cm³/mol. The fraction of sp³-hybridized carbons (Fsp3) is 0.565. The summed E-state index contributed by atoms with van der Waals surface area (Å²) in [6.45, 7) is 2.71. The molecule has 4 aliphatic rings. The van der Waals surface area contributed by atoms with Crippen LogP contribution in [0, 0.1) is 56.2 Å². The second-order valence-corrected chi connectivity index (χ2v) is 8.26. The minimum Gasteiger partial charge on any atom is -0.494 e. The number of nitrogens with zero attached hydrogens (tertiary/aromatic N) is 3. The van der Waals surface area contributed by atoms with Gasteiger partial charge in [0.2, 0.25) is 11.7 Å². The molecule has 3 saturated heterocycles. The van der Waals surface area contributed by atoms with E-state index in [1.165, 1.54) is 0 Å². The number of ether oxygens (including phenoxy) is 3. The number of nitrogens with one attached hydrogen (secondary N) is 1. The minimum absolute atomic E-state index is 0.342. The van der Waals surface area contributed by atoms with E-state index in [4.69, 9.17) is 19.6 Å². The number of benzene rings is 1. The van der Waals surface area contributed by atoms with Crippen LogP contribution in [0.2, 0.25) is 0 Å². The van der Waals surface area contributed by atoms with E-state index >= 15 is 0 Å². The lowest BCUT2D eigenvalue weighted by Gasteiger charge is -2.63. The van der Waals surface area contributed by atoms with Crippen molar-refractivity contribution < 1.29 is 14.2 Å². The first kappa shape index (κ1) is 20.2. The molecule has 7 nitrogen and oxygen atoms in total. The maximum atomic E-state index is 10.3. The lowest BCUT2D eigenvalue weighted by molar-refractivity contribution is -0.360. The quantitative estimate of drug-likeness (QED) is 0.727. The molecule has 3 heterocycles. The highest BCUT2D eigenvalue weighted by Crippen LogP contribution is 2.69. The predicted octanol–water partition coefficient (Wildman–Crippen LogP) is 4.37. The smallest absolute Gasteiger partial charge is 0.218 e. The molecule has 1 aromatic carbocycles. The molecule has 1 saturated carbocycles. The Hall–Kier alpha value is -3.08. The van der Waals surface area contributed by atoms with Crippen LogP contribution >= 0.6 is 0 Å². The zero-order valence-corrected chi connectivity index (χ0v) is 17.0. The molecule has 1 aromatic rings. The van der Waals surface area contributed by atoms with Crippen LogP contribution in [0.4, 0.5) is 0 Å². The summed E-state index contributed by atoms with van der Waals surface area (Å²) in [5.41, 5.74) is -2.91. The topological polar surface area (TPSA) is 123 Å². The molecular formula is C23H24N4O3. The van der Waals surface area contributed by atoms with Crippen LogP contribution < -0.4 is 4.74 Å². The summed E-state index contributed by atoms with van der Waals surface area (Å²) in [6, 6.07) is 13.6. The molecule has 0 amide bonds. The number of unbranched alkanes of at least 4 members (excludes halogenated alkanes) is 1. The van der Waals surface area contributed by atoms with Gasteiger partial charge in [-0.3, -0.25) is 5.41 Å². The number of hydrogen-bond donors (Lipinski definition) is 1. The van der Waals surface area contributed by atoms with Crippen molar-refractivity contribution in [2.75, 3.05) is 6.61 Å². The molecule has 30 heavy (non-hydrogen) atoms. The highest BCUT2D eigenvalue weighted by Gasteiger charge is 2.80. The van der Waals surface area contributed by atoms with Crippen LogP contribution in [0.25, 0.3) is 0 Å². The Balaban J connectivity index is 1.80. The van der Waals surface area contributed by atoms with Gasteiger partial charge in [0.15, 0.2) is 10.8 Å². The van der Waals surface area contributed by atoms with E-state index in [0.717, 1.165) is 25.7 Å². The molecule has 3 aliphatic heterocycles. The summed E-state index contributed by atoms with van der Waals surface area (Å²) in [4.78, 5) is 0. The Morgan fingerprint density at radius 1 is 1.13 bits per heavy atom. The lowest BCUT2D eigenvalue weighted by Crippen LogP contribution is -2.73. The Labute approximate surface area is 176 Å². The SMILES string of the molecule is CCCCOc1ccc([C@@H]2O[C@]34CCCC[C@@H]3C(C#N)(C#N)[C@@]2(C#N)C(=N)O4)cc1. The minimum atomic E-state index is -1.83. The number of rotatable bonds is 5. The first-order chi connectivity index (χ1) is 14.5. The first-order valence-electron chi connectivity index (χ1n) is 10.5. The fourth-order valence-electron chi connectivity index (χ4n) is 5.21. The molecule has 0 unspecified atom stereocenters. The van der Waals surface area contributed by atoms with Gasteiger partial charge in [-0.25, -0.2) is 0 Å². The fourth-order valence-corrected chi connectivity index (χ4v) is 5.21. The summed E-state index contributed by atoms with van der Waals surface area (Å²) in [5.74, 6) is -1.44. The monoisotopic (exact) mass is 404 g/mol. The molecule has 5 rings (SSSR count). The molecule has 0 radical (unpaired) electrons. The van der Waals surface area contributed by atoms with Crippen molar-refractivity contribution in [3.63, 3.8) is 0 Å². The van der Waals surface area contributed by atoms with Gasteiger partial charge in [-0.15, -0.1) is 0 Å². The average molecular weight is 404 g/mol. The number of hydrogen-bond acceptors (Lipinski definition) is 7. The van der Waals surface area contributed by atoms with E-state index in [2.05, 4.69) is 25.1 Å². The van der Waals surface area contributed by atoms with Crippen molar-refractivity contribution in [1.82, 2.24) is 0 Å². The first-order valence-corrected chi connectivity index (χ1v) is 10.5. The third-order valence-corrected chi connectivity index (χ3v) is 6.77. The van der Waals surface area contributed by atoms with Crippen molar-refractivity contribution in [3.05, 3.63) is 29.8 Å². The van der Waals surface area contributed by atoms with Crippen LogP contribution in [-0.2, 0) is 9.47 Å². The molecule has 7 heteroatoms. The summed E-state index contributed by atoms with van der Waals surface area (Å²) in [7, 11) is 0. The molecule has 2 bridgehead atoms. The Morgan fingerprint density at radius 2 is 1.87 bits per heavy atom. The molecule has 0 aromatic heterocycles. The van der Waals surface area contributed by atoms with E-state index < -0.39 is 28.6 Å². The molecule has 154 valence electrons. The van der Waals surface area contributed by atoms with E-state index in [0.29, 0.717) is 30.8 Å². The van der Waals surface area contributed by atoms with Crippen molar-refractivity contribution in [3.8, 4) is 24.0 Å². The normalized spacial score (nSPS) is 33.3. The van der Waals surface area contributed by atoms with Crippen LogP contribution in [0.3, 0.4) is 0 Å². The molecule has 4 fully saturated rings. The van der Waals surface area contributed by atoms with Crippen molar-refractivity contribution >= 4 is 5.90 Å². The zero-order valence-electron chi connectivity index (χ0n) is 17.0. The Kier molecular flexibility index (Phi) is 4.92. The van der Waals surface area contributed by atoms with E-state index in [1.807, 2.05) is 0 Å². The van der Waals surface area contributed by atoms with Crippen molar-refractivity contribution in [1.29, 1.82) is 21.2 Å². The van der Waals surface area contributed by atoms with Gasteiger partial charge in [-0.2, -0.15) is 15.8 Å². The van der Waals surface area contributed by atoms with Gasteiger partial charge in [0, 0.05) is 6.42 Å². The van der Waals surface area contributed by atoms with Crippen molar-refractivity contribution in [2.45, 2.75) is 57.3 Å². The summed E-state index contributed by atoms with van der Waals surface area (Å²) < 4.78 is 18.0. The van der Waals surface area contributed by atoms with E-state index in [-0.39, 0.29) is 5.90 Å². The highest BCUT2D eigenvalue weighted by atomic mass is 16.7. The summed E-state index contributed by atoms with van der Waals surface area (Å²) in [5, 5.41) is 39.2. The van der Waals surface area contributed by atoms with E-state index in [9.17, 15) is 15.8 Å². The molecule has 4 atom stereocenters. The molecule has 1 spiro atoms. The van der Waals surface area contributed by atoms with Gasteiger partial charge in [0.1, 0.15) is 11.9 Å². The van der Waals surface area contributed by atoms with Crippen molar-refractivity contribution in [2.24, 2.45) is 16.7 Å². The third-order valence-electron chi connectivity index (χ3n) is 6.77. The van der Waals surface area contributed by atoms with Gasteiger partial charge < -0.3 is 14.2 Å². The van der Waals surface area contributed by atoms with Crippen LogP contribution in [0.5, 0.6) is 5.75 Å². The molecule has 1 N–H and O–H groups in total. The van der Waals surface area contributed by atoms with Crippen LogP contribution in [0.1, 0.15) is 57.1 Å². The standard InChI is InChI=1S/C23H24N4O3/c1-2-3-12-28-17-9-7-16(8-10-17)19-22(15-26)20(27)30-23(29-19)11-5-4-6-18(23)21(22,13-24)14-25/h7-10,18-19,27H,2-6,11-12H2,1H3/t18-,19+,22-,23+/m1/s1. The van der Waals surface area contributed by atoms with Gasteiger partial charge in [-0.1, -0.05) is 31.9 Å². The second-order valence-electron chi connectivity index (χ2n) is 8.26. The highest BCUT2D eigenvalue weighted by molar-refractivity contribution is 5.89. The largest absolute Gasteiger partial charge is 0.494 e. The van der Waals surface area contributed by atoms with Gasteiger partial charge in [0.05, 0.1) is 30.7 Å². The summed E-state index contributed by atoms with van der Waals surface area (Å²) >= 11 is 0. The van der Waals surface area contributed by atoms with Gasteiger partial charge in [-0.05, 0) is 37.0 Å². The lowest BCUT2D eigenvalue weighted by atomic mass is 9.48. The third kappa shape index (κ3) is 2.47. The zero-order chi connectivity index (χ0) is 21.4. The number of fused-ring (bicyclic) bond motifs is 2. The van der Waals surface area contributed by atoms with Gasteiger partial charge >= 0.3 is 0 Å². The van der Waals surface area contributed by atoms with E-state index in [1.54, 1.807) is 24.3 Å². The van der Waals surface area contributed by atoms with Gasteiger partial charge in [0.25, 0.3) is 0 Å². The Morgan fingerprint density at radius 3 is 2.50 bits per heavy atom. The van der Waals surface area contributed by atoms with Crippen LogP contribution in [0.15, 0.2) is 24.3 Å². The summed E-state index contributed by atoms with van der Waals surface area (Å²) in [6.07, 6.45) is 3.73. The maximum Gasteiger partial charge on any atom is 0.218 e. The van der Waals surface area contributed by atoms with Crippen LogP contribution in [-0.4, -0.2) is 18.3 Å². The Bertz CT molecular complexity index is 956. The number of nitriles is 3. The molecular weight excluding hydrogens is 380 g/mol. The maximum absolute atomic E-state index is 10.3. The molecule has 1 aliphatic carbocycles.